The molecule has 3 aliphatic heterocycles. The van der Waals surface area contributed by atoms with Crippen LogP contribution in [-0.2, 0) is 33.2 Å². The largest absolute Gasteiger partial charge is 0.394 e. The molecule has 0 aromatic carbocycles. The average Bonchev–Trinajstić information content (AvgIpc) is 3.25. The maximum absolute atomic E-state index is 13.3. The maximum atomic E-state index is 13.3. The SMILES string of the molecule is CCCCCCCCC/C=C/C(O)C(COC1OC(CO)C(OC2OC(CO)C(OC3OC(CO)C(O)C(O)C3O)C(O)C2O)C(O)C1O)NC(=O)CCCCCCCCCCCCCCCCCCCCCCCCCCCCCCC. The molecule has 3 rings (SSSR count). The highest BCUT2D eigenvalue weighted by molar-refractivity contribution is 5.76. The van der Waals surface area contributed by atoms with Gasteiger partial charge in [0.2, 0.25) is 5.91 Å². The van der Waals surface area contributed by atoms with Crippen LogP contribution in [0.5, 0.6) is 0 Å². The van der Waals surface area contributed by atoms with E-state index in [4.69, 9.17) is 28.4 Å². The summed E-state index contributed by atoms with van der Waals surface area (Å²) in [4.78, 5) is 13.3. The number of unbranched alkanes of at least 4 members (excludes halogenated alkanes) is 35. The van der Waals surface area contributed by atoms with E-state index in [-0.39, 0.29) is 18.9 Å². The molecule has 0 aromatic rings. The van der Waals surface area contributed by atoms with Crippen LogP contribution in [0, 0.1) is 0 Å². The van der Waals surface area contributed by atoms with Gasteiger partial charge in [0.05, 0.1) is 38.6 Å². The highest BCUT2D eigenvalue weighted by Gasteiger charge is 2.53. The molecular weight excluding hydrogens is 1070 g/mol. The minimum absolute atomic E-state index is 0.249. The van der Waals surface area contributed by atoms with Crippen molar-refractivity contribution in [3.05, 3.63) is 12.2 Å². The van der Waals surface area contributed by atoms with Gasteiger partial charge in [0.1, 0.15) is 73.2 Å². The molecule has 0 bridgehead atoms. The van der Waals surface area contributed by atoms with Crippen molar-refractivity contribution in [2.75, 3.05) is 26.4 Å². The standard InChI is InChI=1S/C64H121NO18/c1-3-5-7-9-11-13-14-15-16-17-18-19-20-21-22-23-24-25-26-27-28-29-30-31-32-34-36-38-40-42-52(70)65-47(48(69)41-39-37-35-33-12-10-8-6-4-2)46-78-62-58(76)55(73)60(50(44-67)80-62)83-64-59(77)56(74)61(51(45-68)81-64)82-63-57(75)54(72)53(71)49(43-66)79-63/h39,41,47-51,53-64,66-69,71-77H,3-38,40,42-46H2,1-2H3,(H,65,70)/b41-39+. The van der Waals surface area contributed by atoms with Gasteiger partial charge in [-0.1, -0.05) is 244 Å². The van der Waals surface area contributed by atoms with Crippen molar-refractivity contribution >= 4 is 5.91 Å². The van der Waals surface area contributed by atoms with E-state index in [1.54, 1.807) is 6.08 Å². The Morgan fingerprint density at radius 1 is 0.422 bits per heavy atom. The minimum atomic E-state index is -1.97. The number of ether oxygens (including phenoxy) is 6. The molecule has 0 saturated carbocycles. The van der Waals surface area contributed by atoms with Crippen LogP contribution in [-0.4, -0.2) is 193 Å². The van der Waals surface area contributed by atoms with Crippen LogP contribution < -0.4 is 5.32 Å². The van der Waals surface area contributed by atoms with Crippen molar-refractivity contribution in [2.24, 2.45) is 0 Å². The van der Waals surface area contributed by atoms with Gasteiger partial charge in [-0.15, -0.1) is 0 Å². The summed E-state index contributed by atoms with van der Waals surface area (Å²) < 4.78 is 34.2. The van der Waals surface area contributed by atoms with Gasteiger partial charge < -0.3 is 89.9 Å². The maximum Gasteiger partial charge on any atom is 0.220 e. The third-order valence-corrected chi connectivity index (χ3v) is 17.1. The summed E-state index contributed by atoms with van der Waals surface area (Å²) >= 11 is 0. The van der Waals surface area contributed by atoms with Crippen LogP contribution in [0.3, 0.4) is 0 Å². The molecule has 19 nitrogen and oxygen atoms in total. The lowest BCUT2D eigenvalue weighted by atomic mass is 9.96. The minimum Gasteiger partial charge on any atom is -0.394 e. The van der Waals surface area contributed by atoms with Crippen molar-refractivity contribution in [1.29, 1.82) is 0 Å². The molecule has 3 heterocycles. The topological polar surface area (TPSA) is 307 Å². The molecule has 17 atom stereocenters. The Morgan fingerprint density at radius 2 is 0.747 bits per heavy atom. The summed E-state index contributed by atoms with van der Waals surface area (Å²) in [6.07, 6.45) is 23.8. The molecule has 1 amide bonds. The Balaban J connectivity index is 1.35. The molecule has 19 heteroatoms. The fraction of sp³-hybridized carbons (Fsp3) is 0.953. The second kappa shape index (κ2) is 47.5. The third kappa shape index (κ3) is 30.5. The summed E-state index contributed by atoms with van der Waals surface area (Å²) in [5.41, 5.74) is 0. The van der Waals surface area contributed by atoms with Crippen LogP contribution in [0.1, 0.15) is 258 Å². The summed E-state index contributed by atoms with van der Waals surface area (Å²) in [6, 6.07) is -0.966. The number of aliphatic hydroxyl groups is 11. The summed E-state index contributed by atoms with van der Waals surface area (Å²) in [7, 11) is 0. The second-order valence-electron chi connectivity index (χ2n) is 24.3. The number of carbonyl (C=O) groups excluding carboxylic acids is 1. The molecule has 3 fully saturated rings. The van der Waals surface area contributed by atoms with Gasteiger partial charge in [-0.05, 0) is 19.3 Å². The van der Waals surface area contributed by atoms with E-state index in [2.05, 4.69) is 19.2 Å². The zero-order valence-electron chi connectivity index (χ0n) is 51.4. The molecule has 0 radical (unpaired) electrons. The zero-order chi connectivity index (χ0) is 60.5. The Bertz CT molecular complexity index is 1560. The van der Waals surface area contributed by atoms with Gasteiger partial charge in [0.25, 0.3) is 0 Å². The van der Waals surface area contributed by atoms with Crippen molar-refractivity contribution in [2.45, 2.75) is 362 Å². The molecule has 3 saturated heterocycles. The van der Waals surface area contributed by atoms with E-state index in [0.717, 1.165) is 44.9 Å². The van der Waals surface area contributed by atoms with E-state index in [1.165, 1.54) is 186 Å². The lowest BCUT2D eigenvalue weighted by Gasteiger charge is -2.48. The Labute approximate surface area is 499 Å². The van der Waals surface area contributed by atoms with Gasteiger partial charge in [-0.3, -0.25) is 4.79 Å². The molecule has 3 aliphatic rings. The summed E-state index contributed by atoms with van der Waals surface area (Å²) in [5.74, 6) is -0.273. The Kier molecular flexibility index (Phi) is 43.4. The van der Waals surface area contributed by atoms with Crippen LogP contribution in [0.15, 0.2) is 12.2 Å². The fourth-order valence-corrected chi connectivity index (χ4v) is 11.6. The van der Waals surface area contributed by atoms with Gasteiger partial charge in [-0.25, -0.2) is 0 Å². The highest BCUT2D eigenvalue weighted by atomic mass is 16.8. The number of carbonyl (C=O) groups is 1. The molecule has 0 spiro atoms. The number of allylic oxidation sites excluding steroid dienone is 1. The number of rotatable bonds is 51. The average molecular weight is 1190 g/mol. The lowest BCUT2D eigenvalue weighted by Crippen LogP contribution is -2.66. The molecule has 17 unspecified atom stereocenters. The predicted molar refractivity (Wildman–Crippen MR) is 319 cm³/mol. The van der Waals surface area contributed by atoms with Crippen molar-refractivity contribution < 1.29 is 89.4 Å². The molecular formula is C64H121NO18. The van der Waals surface area contributed by atoms with Crippen molar-refractivity contribution in [3.8, 4) is 0 Å². The molecule has 83 heavy (non-hydrogen) atoms. The Morgan fingerprint density at radius 3 is 1.13 bits per heavy atom. The van der Waals surface area contributed by atoms with Gasteiger partial charge >= 0.3 is 0 Å². The third-order valence-electron chi connectivity index (χ3n) is 17.1. The number of hydrogen-bond donors (Lipinski definition) is 12. The Hall–Kier alpha value is -1.47. The van der Waals surface area contributed by atoms with E-state index in [1.807, 2.05) is 6.08 Å². The first-order valence-electron chi connectivity index (χ1n) is 33.4. The van der Waals surface area contributed by atoms with Crippen LogP contribution in [0.4, 0.5) is 0 Å². The monoisotopic (exact) mass is 1190 g/mol. The van der Waals surface area contributed by atoms with Crippen LogP contribution >= 0.6 is 0 Å². The predicted octanol–water partition coefficient (Wildman–Crippen LogP) is 7.72. The summed E-state index contributed by atoms with van der Waals surface area (Å²) in [5, 5.41) is 120. The zero-order valence-corrected chi connectivity index (χ0v) is 51.4. The van der Waals surface area contributed by atoms with Gasteiger partial charge in [-0.2, -0.15) is 0 Å². The first kappa shape index (κ1) is 75.8. The normalized spacial score (nSPS) is 29.4. The fourth-order valence-electron chi connectivity index (χ4n) is 11.6. The number of aliphatic hydroxyl groups excluding tert-OH is 11. The van der Waals surface area contributed by atoms with E-state index in [0.29, 0.717) is 6.42 Å². The van der Waals surface area contributed by atoms with Gasteiger partial charge in [0, 0.05) is 6.42 Å². The van der Waals surface area contributed by atoms with Crippen LogP contribution in [0.25, 0.3) is 0 Å². The molecule has 0 aromatic heterocycles. The number of hydrogen-bond acceptors (Lipinski definition) is 18. The van der Waals surface area contributed by atoms with E-state index in [9.17, 15) is 61.0 Å². The summed E-state index contributed by atoms with van der Waals surface area (Å²) in [6.45, 7) is 1.71. The van der Waals surface area contributed by atoms with Crippen LogP contribution in [0.2, 0.25) is 0 Å². The van der Waals surface area contributed by atoms with E-state index >= 15 is 0 Å². The first-order chi connectivity index (χ1) is 40.3. The lowest BCUT2D eigenvalue weighted by molar-refractivity contribution is -0.379. The van der Waals surface area contributed by atoms with Gasteiger partial charge in [0.15, 0.2) is 18.9 Å². The highest BCUT2D eigenvalue weighted by Crippen LogP contribution is 2.33. The second-order valence-corrected chi connectivity index (χ2v) is 24.3. The van der Waals surface area contributed by atoms with Crippen molar-refractivity contribution in [1.82, 2.24) is 5.32 Å². The first-order valence-corrected chi connectivity index (χ1v) is 33.4. The van der Waals surface area contributed by atoms with Crippen molar-refractivity contribution in [3.63, 3.8) is 0 Å². The number of nitrogens with one attached hydrogen (secondary N) is 1. The van der Waals surface area contributed by atoms with E-state index < -0.39 is 124 Å². The number of amides is 1. The molecule has 12 N–H and O–H groups in total. The molecule has 490 valence electrons. The smallest absolute Gasteiger partial charge is 0.220 e. The quantitative estimate of drug-likeness (QED) is 0.0205. The molecule has 0 aliphatic carbocycles.